The Labute approximate surface area is 102 Å². The first-order valence-electron chi connectivity index (χ1n) is 4.51. The van der Waals surface area contributed by atoms with Crippen LogP contribution in [0.5, 0.6) is 0 Å². The summed E-state index contributed by atoms with van der Waals surface area (Å²) in [7, 11) is 1.34. The third kappa shape index (κ3) is 3.45. The fraction of sp³-hybridized carbons (Fsp3) is 0.556. The molecular formula is C9H14IN3O2. The van der Waals surface area contributed by atoms with Gasteiger partial charge in [-0.2, -0.15) is 5.10 Å². The molecule has 0 aliphatic rings. The SMILES string of the molecule is COC(=O)C(C)(N)CCn1cc(I)cn1. The average molecular weight is 323 g/mol. The third-order valence-electron chi connectivity index (χ3n) is 2.11. The maximum atomic E-state index is 11.3. The summed E-state index contributed by atoms with van der Waals surface area (Å²) < 4.78 is 7.43. The topological polar surface area (TPSA) is 70.1 Å². The van der Waals surface area contributed by atoms with Crippen molar-refractivity contribution in [2.45, 2.75) is 25.4 Å². The number of aromatic nitrogens is 2. The molecule has 0 amide bonds. The quantitative estimate of drug-likeness (QED) is 0.656. The second-order valence-corrected chi connectivity index (χ2v) is 4.83. The molecule has 1 atom stereocenters. The van der Waals surface area contributed by atoms with E-state index in [-0.39, 0.29) is 0 Å². The van der Waals surface area contributed by atoms with E-state index in [0.29, 0.717) is 13.0 Å². The molecule has 0 aliphatic heterocycles. The number of rotatable bonds is 4. The zero-order chi connectivity index (χ0) is 11.5. The number of nitrogens with zero attached hydrogens (tertiary/aromatic N) is 2. The first kappa shape index (κ1) is 12.4. The molecule has 1 aromatic heterocycles. The number of carbonyl (C=O) groups excluding carboxylic acids is 1. The largest absolute Gasteiger partial charge is 0.468 e. The third-order valence-corrected chi connectivity index (χ3v) is 2.67. The Balaban J connectivity index is 2.53. The molecule has 0 radical (unpaired) electrons. The highest BCUT2D eigenvalue weighted by atomic mass is 127. The lowest BCUT2D eigenvalue weighted by Gasteiger charge is -2.20. The number of halogens is 1. The highest BCUT2D eigenvalue weighted by Gasteiger charge is 2.29. The molecule has 1 heterocycles. The molecule has 0 fully saturated rings. The van der Waals surface area contributed by atoms with Gasteiger partial charge in [-0.05, 0) is 35.9 Å². The minimum atomic E-state index is -0.952. The van der Waals surface area contributed by atoms with Crippen LogP contribution in [0.1, 0.15) is 13.3 Å². The molecule has 0 saturated heterocycles. The second-order valence-electron chi connectivity index (χ2n) is 3.58. The first-order valence-corrected chi connectivity index (χ1v) is 5.59. The van der Waals surface area contributed by atoms with Crippen LogP contribution in [0.25, 0.3) is 0 Å². The van der Waals surface area contributed by atoms with Crippen LogP contribution in [0.4, 0.5) is 0 Å². The average Bonchev–Trinajstić information content (AvgIpc) is 2.60. The molecule has 0 bridgehead atoms. The number of methoxy groups -OCH3 is 1. The van der Waals surface area contributed by atoms with Crippen LogP contribution in [0.3, 0.4) is 0 Å². The summed E-state index contributed by atoms with van der Waals surface area (Å²) >= 11 is 2.18. The van der Waals surface area contributed by atoms with Crippen LogP contribution in [-0.2, 0) is 16.1 Å². The molecule has 0 spiro atoms. The molecule has 2 N–H and O–H groups in total. The summed E-state index contributed by atoms with van der Waals surface area (Å²) in [6.07, 6.45) is 4.15. The predicted molar refractivity (Wildman–Crippen MR) is 64.2 cm³/mol. The van der Waals surface area contributed by atoms with Gasteiger partial charge < -0.3 is 10.5 Å². The lowest BCUT2D eigenvalue weighted by Crippen LogP contribution is -2.46. The minimum Gasteiger partial charge on any atom is -0.468 e. The smallest absolute Gasteiger partial charge is 0.325 e. The number of esters is 1. The van der Waals surface area contributed by atoms with E-state index in [0.717, 1.165) is 3.57 Å². The number of nitrogens with two attached hydrogens (primary N) is 1. The molecule has 1 aromatic rings. The van der Waals surface area contributed by atoms with Crippen molar-refractivity contribution in [3.8, 4) is 0 Å². The van der Waals surface area contributed by atoms with E-state index in [4.69, 9.17) is 5.73 Å². The molecule has 1 unspecified atom stereocenters. The van der Waals surface area contributed by atoms with Crippen LogP contribution in [-0.4, -0.2) is 28.4 Å². The fourth-order valence-corrected chi connectivity index (χ4v) is 1.59. The fourth-order valence-electron chi connectivity index (χ4n) is 1.14. The molecule has 5 nitrogen and oxygen atoms in total. The number of carbonyl (C=O) groups is 1. The van der Waals surface area contributed by atoms with Gasteiger partial charge in [-0.15, -0.1) is 0 Å². The van der Waals surface area contributed by atoms with Crippen LogP contribution in [0, 0.1) is 3.57 Å². The van der Waals surface area contributed by atoms with E-state index in [2.05, 4.69) is 32.4 Å². The van der Waals surface area contributed by atoms with E-state index >= 15 is 0 Å². The first-order chi connectivity index (χ1) is 6.95. The van der Waals surface area contributed by atoms with Crippen molar-refractivity contribution in [2.75, 3.05) is 7.11 Å². The highest BCUT2D eigenvalue weighted by Crippen LogP contribution is 2.10. The summed E-state index contributed by atoms with van der Waals surface area (Å²) in [5, 5.41) is 4.11. The maximum Gasteiger partial charge on any atom is 0.325 e. The van der Waals surface area contributed by atoms with Gasteiger partial charge in [-0.3, -0.25) is 9.48 Å². The number of hydrogen-bond acceptors (Lipinski definition) is 4. The number of ether oxygens (including phenoxy) is 1. The Morgan fingerprint density at radius 3 is 2.93 bits per heavy atom. The van der Waals surface area contributed by atoms with Gasteiger partial charge >= 0.3 is 5.97 Å². The summed E-state index contributed by atoms with van der Waals surface area (Å²) in [5.74, 6) is -0.399. The zero-order valence-corrected chi connectivity index (χ0v) is 10.9. The Hall–Kier alpha value is -0.630. The van der Waals surface area contributed by atoms with Gasteiger partial charge in [0.05, 0.1) is 16.9 Å². The Morgan fingerprint density at radius 2 is 2.47 bits per heavy atom. The second kappa shape index (κ2) is 4.93. The van der Waals surface area contributed by atoms with Gasteiger partial charge in [0.15, 0.2) is 0 Å². The van der Waals surface area contributed by atoms with Crippen molar-refractivity contribution in [1.29, 1.82) is 0 Å². The lowest BCUT2D eigenvalue weighted by atomic mass is 10.00. The Bertz CT molecular complexity index is 349. The van der Waals surface area contributed by atoms with Crippen molar-refractivity contribution < 1.29 is 9.53 Å². The van der Waals surface area contributed by atoms with Crippen molar-refractivity contribution in [2.24, 2.45) is 5.73 Å². The standard InChI is InChI=1S/C9H14IN3O2/c1-9(11,8(14)15-2)3-4-13-6-7(10)5-12-13/h5-6H,3-4,11H2,1-2H3. The van der Waals surface area contributed by atoms with Gasteiger partial charge in [0.2, 0.25) is 0 Å². The molecule has 84 valence electrons. The molecule has 0 saturated carbocycles. The van der Waals surface area contributed by atoms with Crippen molar-refractivity contribution >= 4 is 28.6 Å². The molecule has 6 heteroatoms. The van der Waals surface area contributed by atoms with Crippen LogP contribution in [0.15, 0.2) is 12.4 Å². The summed E-state index contributed by atoms with van der Waals surface area (Å²) in [5.41, 5.74) is 4.86. The van der Waals surface area contributed by atoms with Crippen LogP contribution >= 0.6 is 22.6 Å². The van der Waals surface area contributed by atoms with Gasteiger partial charge in [0.25, 0.3) is 0 Å². The van der Waals surface area contributed by atoms with E-state index in [1.54, 1.807) is 17.8 Å². The monoisotopic (exact) mass is 323 g/mol. The van der Waals surface area contributed by atoms with Crippen molar-refractivity contribution in [3.63, 3.8) is 0 Å². The maximum absolute atomic E-state index is 11.3. The summed E-state index contributed by atoms with van der Waals surface area (Å²) in [6.45, 7) is 2.26. The van der Waals surface area contributed by atoms with Gasteiger partial charge in [-0.25, -0.2) is 0 Å². The van der Waals surface area contributed by atoms with Gasteiger partial charge in [0, 0.05) is 12.7 Å². The van der Waals surface area contributed by atoms with Crippen LogP contribution in [0.2, 0.25) is 0 Å². The molecule has 1 rings (SSSR count). The van der Waals surface area contributed by atoms with Crippen molar-refractivity contribution in [1.82, 2.24) is 9.78 Å². The predicted octanol–water partition coefficient (Wildman–Crippen LogP) is 0.768. The minimum absolute atomic E-state index is 0.399. The molecule has 0 aliphatic carbocycles. The Morgan fingerprint density at radius 1 is 1.80 bits per heavy atom. The summed E-state index contributed by atoms with van der Waals surface area (Å²) in [6, 6.07) is 0. The Kier molecular flexibility index (Phi) is 4.09. The van der Waals surface area contributed by atoms with E-state index in [1.807, 2.05) is 6.20 Å². The van der Waals surface area contributed by atoms with Gasteiger partial charge in [-0.1, -0.05) is 0 Å². The van der Waals surface area contributed by atoms with E-state index < -0.39 is 11.5 Å². The van der Waals surface area contributed by atoms with Crippen LogP contribution < -0.4 is 5.73 Å². The molecule has 0 aromatic carbocycles. The zero-order valence-electron chi connectivity index (χ0n) is 8.74. The molecule has 15 heavy (non-hydrogen) atoms. The van der Waals surface area contributed by atoms with Crippen molar-refractivity contribution in [3.05, 3.63) is 16.0 Å². The normalized spacial score (nSPS) is 14.7. The summed E-state index contributed by atoms with van der Waals surface area (Å²) in [4.78, 5) is 11.3. The lowest BCUT2D eigenvalue weighted by molar-refractivity contribution is -0.146. The molecular weight excluding hydrogens is 309 g/mol. The van der Waals surface area contributed by atoms with E-state index in [9.17, 15) is 4.79 Å². The highest BCUT2D eigenvalue weighted by molar-refractivity contribution is 14.1. The number of hydrogen-bond donors (Lipinski definition) is 1. The van der Waals surface area contributed by atoms with E-state index in [1.165, 1.54) is 7.11 Å². The number of aryl methyl sites for hydroxylation is 1. The van der Waals surface area contributed by atoms with Gasteiger partial charge in [0.1, 0.15) is 5.54 Å².